The number of likely N-dealkylation sites (tertiary alicyclic amines) is 1. The Hall–Kier alpha value is -0.900. The van der Waals surface area contributed by atoms with E-state index in [1.54, 1.807) is 0 Å². The van der Waals surface area contributed by atoms with Crippen LogP contribution in [0.5, 0.6) is 0 Å². The van der Waals surface area contributed by atoms with E-state index in [1.807, 2.05) is 0 Å². The van der Waals surface area contributed by atoms with Gasteiger partial charge in [0.15, 0.2) is 0 Å². The third kappa shape index (κ3) is 4.60. The van der Waals surface area contributed by atoms with Gasteiger partial charge in [-0.2, -0.15) is 0 Å². The van der Waals surface area contributed by atoms with Crippen LogP contribution in [0.4, 0.5) is 0 Å². The van der Waals surface area contributed by atoms with Gasteiger partial charge in [0, 0.05) is 32.2 Å². The number of hydrogen-bond donors (Lipinski definition) is 1. The predicted molar refractivity (Wildman–Crippen MR) is 81.0 cm³/mol. The van der Waals surface area contributed by atoms with Crippen molar-refractivity contribution < 1.29 is 0 Å². The lowest BCUT2D eigenvalue weighted by Gasteiger charge is -2.38. The van der Waals surface area contributed by atoms with E-state index in [2.05, 4.69) is 47.2 Å². The van der Waals surface area contributed by atoms with Crippen LogP contribution in [0, 0.1) is 0 Å². The first-order valence-electron chi connectivity index (χ1n) is 7.46. The lowest BCUT2D eigenvalue weighted by Crippen LogP contribution is -2.46. The summed E-state index contributed by atoms with van der Waals surface area (Å²) in [5, 5.41) is 0. The molecular formula is C16H27N3. The third-order valence-electron chi connectivity index (χ3n) is 4.01. The molecule has 0 aromatic heterocycles. The minimum Gasteiger partial charge on any atom is -0.329 e. The zero-order chi connectivity index (χ0) is 13.5. The van der Waals surface area contributed by atoms with E-state index in [9.17, 15) is 0 Å². The lowest BCUT2D eigenvalue weighted by molar-refractivity contribution is 0.108. The first-order chi connectivity index (χ1) is 9.29. The Kier molecular flexibility index (Phi) is 5.83. The minimum absolute atomic E-state index is 0.686. The van der Waals surface area contributed by atoms with E-state index < -0.39 is 0 Å². The Morgan fingerprint density at radius 1 is 1.26 bits per heavy atom. The molecule has 1 atom stereocenters. The molecule has 1 aliphatic heterocycles. The maximum absolute atomic E-state index is 5.64. The van der Waals surface area contributed by atoms with Crippen molar-refractivity contribution in [2.75, 3.05) is 33.2 Å². The molecule has 2 N–H and O–H groups in total. The quantitative estimate of drug-likeness (QED) is 0.849. The van der Waals surface area contributed by atoms with Crippen molar-refractivity contribution in [1.82, 2.24) is 9.80 Å². The molecule has 0 aliphatic carbocycles. The second-order valence-corrected chi connectivity index (χ2v) is 5.66. The number of benzene rings is 1. The van der Waals surface area contributed by atoms with E-state index in [0.717, 1.165) is 26.2 Å². The Morgan fingerprint density at radius 3 is 2.79 bits per heavy atom. The molecule has 1 aliphatic rings. The number of nitrogens with two attached hydrogens (primary N) is 1. The fourth-order valence-electron chi connectivity index (χ4n) is 2.96. The van der Waals surface area contributed by atoms with Gasteiger partial charge in [0.2, 0.25) is 0 Å². The van der Waals surface area contributed by atoms with Crippen LogP contribution in [-0.4, -0.2) is 49.1 Å². The van der Waals surface area contributed by atoms with E-state index in [-0.39, 0.29) is 0 Å². The number of likely N-dealkylation sites (N-methyl/N-ethyl adjacent to an activating group) is 1. The van der Waals surface area contributed by atoms with Crippen molar-refractivity contribution in [2.24, 2.45) is 5.73 Å². The van der Waals surface area contributed by atoms with E-state index >= 15 is 0 Å². The summed E-state index contributed by atoms with van der Waals surface area (Å²) in [6, 6.07) is 11.5. The smallest absolute Gasteiger partial charge is 0.0237 e. The maximum Gasteiger partial charge on any atom is 0.0237 e. The zero-order valence-corrected chi connectivity index (χ0v) is 12.1. The second kappa shape index (κ2) is 7.63. The highest BCUT2D eigenvalue weighted by molar-refractivity contribution is 5.14. The van der Waals surface area contributed by atoms with Crippen molar-refractivity contribution in [3.05, 3.63) is 35.9 Å². The van der Waals surface area contributed by atoms with Gasteiger partial charge >= 0.3 is 0 Å². The lowest BCUT2D eigenvalue weighted by atomic mass is 10.0. The molecule has 0 radical (unpaired) electrons. The molecule has 0 saturated carbocycles. The Morgan fingerprint density at radius 2 is 2.05 bits per heavy atom. The molecule has 1 aromatic carbocycles. The molecule has 2 rings (SSSR count). The summed E-state index contributed by atoms with van der Waals surface area (Å²) in [5.41, 5.74) is 7.06. The summed E-state index contributed by atoms with van der Waals surface area (Å²) in [6.07, 6.45) is 4.03. The van der Waals surface area contributed by atoms with E-state index in [4.69, 9.17) is 5.73 Å². The van der Waals surface area contributed by atoms with Gasteiger partial charge < -0.3 is 10.6 Å². The first kappa shape index (κ1) is 14.5. The average molecular weight is 261 g/mol. The van der Waals surface area contributed by atoms with Crippen LogP contribution >= 0.6 is 0 Å². The molecule has 1 fully saturated rings. The molecule has 1 saturated heterocycles. The summed E-state index contributed by atoms with van der Waals surface area (Å²) in [5.74, 6) is 0. The summed E-state index contributed by atoms with van der Waals surface area (Å²) >= 11 is 0. The highest BCUT2D eigenvalue weighted by atomic mass is 15.2. The molecule has 3 nitrogen and oxygen atoms in total. The van der Waals surface area contributed by atoms with Crippen molar-refractivity contribution in [3.8, 4) is 0 Å². The maximum atomic E-state index is 5.64. The zero-order valence-electron chi connectivity index (χ0n) is 12.1. The fourth-order valence-corrected chi connectivity index (χ4v) is 2.96. The number of nitrogens with zero attached hydrogens (tertiary/aromatic N) is 2. The van der Waals surface area contributed by atoms with Crippen LogP contribution in [0.3, 0.4) is 0 Å². The van der Waals surface area contributed by atoms with Crippen molar-refractivity contribution in [2.45, 2.75) is 31.8 Å². The molecule has 1 unspecified atom stereocenters. The molecule has 19 heavy (non-hydrogen) atoms. The second-order valence-electron chi connectivity index (χ2n) is 5.66. The van der Waals surface area contributed by atoms with Crippen LogP contribution in [0.1, 0.15) is 24.8 Å². The van der Waals surface area contributed by atoms with Gasteiger partial charge in [0.25, 0.3) is 0 Å². The Labute approximate surface area is 117 Å². The van der Waals surface area contributed by atoms with Crippen LogP contribution in [0.2, 0.25) is 0 Å². The van der Waals surface area contributed by atoms with Gasteiger partial charge in [0.1, 0.15) is 0 Å². The van der Waals surface area contributed by atoms with Crippen molar-refractivity contribution in [1.29, 1.82) is 0 Å². The summed E-state index contributed by atoms with van der Waals surface area (Å²) < 4.78 is 0. The summed E-state index contributed by atoms with van der Waals surface area (Å²) in [4.78, 5) is 5.01. The third-order valence-corrected chi connectivity index (χ3v) is 4.01. The van der Waals surface area contributed by atoms with Gasteiger partial charge in [-0.1, -0.05) is 36.8 Å². The summed E-state index contributed by atoms with van der Waals surface area (Å²) in [7, 11) is 2.18. The van der Waals surface area contributed by atoms with Crippen molar-refractivity contribution in [3.63, 3.8) is 0 Å². The van der Waals surface area contributed by atoms with Crippen LogP contribution < -0.4 is 5.73 Å². The van der Waals surface area contributed by atoms with Crippen LogP contribution in [-0.2, 0) is 6.54 Å². The highest BCUT2D eigenvalue weighted by Gasteiger charge is 2.23. The normalized spacial score (nSPS) is 20.9. The van der Waals surface area contributed by atoms with Crippen molar-refractivity contribution >= 4 is 0 Å². The van der Waals surface area contributed by atoms with E-state index in [0.29, 0.717) is 6.04 Å². The van der Waals surface area contributed by atoms with Crippen LogP contribution in [0.25, 0.3) is 0 Å². The first-order valence-corrected chi connectivity index (χ1v) is 7.46. The van der Waals surface area contributed by atoms with Gasteiger partial charge in [0.05, 0.1) is 0 Å². The molecular weight excluding hydrogens is 234 g/mol. The monoisotopic (exact) mass is 261 g/mol. The average Bonchev–Trinajstić information content (AvgIpc) is 2.42. The standard InChI is InChI=1S/C16H27N3/c1-18(12-10-17)14-16-9-5-6-11-19(16)13-15-7-3-2-4-8-15/h2-4,7-8,16H,5-6,9-14,17H2,1H3. The Bertz CT molecular complexity index is 352. The molecule has 0 amide bonds. The number of hydrogen-bond acceptors (Lipinski definition) is 3. The van der Waals surface area contributed by atoms with Gasteiger partial charge in [-0.25, -0.2) is 0 Å². The predicted octanol–water partition coefficient (Wildman–Crippen LogP) is 1.93. The van der Waals surface area contributed by atoms with Gasteiger partial charge in [-0.3, -0.25) is 4.90 Å². The topological polar surface area (TPSA) is 32.5 Å². The van der Waals surface area contributed by atoms with E-state index in [1.165, 1.54) is 31.4 Å². The fraction of sp³-hybridized carbons (Fsp3) is 0.625. The molecule has 0 bridgehead atoms. The summed E-state index contributed by atoms with van der Waals surface area (Å²) in [6.45, 7) is 5.21. The molecule has 3 heteroatoms. The molecule has 106 valence electrons. The molecule has 0 spiro atoms. The molecule has 1 aromatic rings. The highest BCUT2D eigenvalue weighted by Crippen LogP contribution is 2.20. The minimum atomic E-state index is 0.686. The SMILES string of the molecule is CN(CCN)CC1CCCCN1Cc1ccccc1. The van der Waals surface area contributed by atoms with Crippen LogP contribution in [0.15, 0.2) is 30.3 Å². The Balaban J connectivity index is 1.92. The van der Waals surface area contributed by atoms with Gasteiger partial charge in [-0.05, 0) is 32.0 Å². The van der Waals surface area contributed by atoms with Gasteiger partial charge in [-0.15, -0.1) is 0 Å². The number of rotatable bonds is 6. The molecule has 1 heterocycles. The largest absolute Gasteiger partial charge is 0.329 e. The number of piperidine rings is 1.